The molecule has 0 aliphatic carbocycles. The van der Waals surface area contributed by atoms with Gasteiger partial charge in [-0.25, -0.2) is 9.78 Å². The quantitative estimate of drug-likeness (QED) is 0.729. The van der Waals surface area contributed by atoms with Crippen molar-refractivity contribution >= 4 is 5.97 Å². The van der Waals surface area contributed by atoms with Crippen molar-refractivity contribution in [2.24, 2.45) is 0 Å². The van der Waals surface area contributed by atoms with E-state index in [1.807, 2.05) is 6.07 Å². The lowest BCUT2D eigenvalue weighted by Gasteiger charge is -2.08. The molecule has 2 rings (SSSR count). The summed E-state index contributed by atoms with van der Waals surface area (Å²) in [6.45, 7) is 1.94. The maximum absolute atomic E-state index is 10.7. The SMILES string of the molecule is O=C(O)c1cc(C2CCNC2)ccn1. The number of carboxylic acid groups (broad SMARTS) is 1. The minimum Gasteiger partial charge on any atom is -0.477 e. The lowest BCUT2D eigenvalue weighted by Crippen LogP contribution is -2.09. The van der Waals surface area contributed by atoms with Gasteiger partial charge in [-0.05, 0) is 36.6 Å². The van der Waals surface area contributed by atoms with E-state index in [2.05, 4.69) is 10.3 Å². The van der Waals surface area contributed by atoms with Crippen molar-refractivity contribution < 1.29 is 9.90 Å². The molecule has 1 fully saturated rings. The predicted octanol–water partition coefficient (Wildman–Crippen LogP) is 0.857. The molecule has 0 saturated carbocycles. The second-order valence-corrected chi connectivity index (χ2v) is 3.47. The van der Waals surface area contributed by atoms with Crippen LogP contribution in [-0.4, -0.2) is 29.1 Å². The molecule has 4 nitrogen and oxygen atoms in total. The van der Waals surface area contributed by atoms with Crippen LogP contribution in [-0.2, 0) is 0 Å². The summed E-state index contributed by atoms with van der Waals surface area (Å²) in [6, 6.07) is 3.56. The maximum Gasteiger partial charge on any atom is 0.354 e. The standard InChI is InChI=1S/C10H12N2O2/c13-10(14)9-5-7(2-4-12-9)8-1-3-11-6-8/h2,4-5,8,11H,1,3,6H2,(H,13,14). The van der Waals surface area contributed by atoms with Crippen molar-refractivity contribution in [2.45, 2.75) is 12.3 Å². The largest absolute Gasteiger partial charge is 0.477 e. The molecule has 1 aliphatic heterocycles. The van der Waals surface area contributed by atoms with Crippen molar-refractivity contribution in [3.05, 3.63) is 29.6 Å². The molecule has 14 heavy (non-hydrogen) atoms. The summed E-state index contributed by atoms with van der Waals surface area (Å²) in [5.41, 5.74) is 1.21. The van der Waals surface area contributed by atoms with Gasteiger partial charge in [-0.1, -0.05) is 0 Å². The molecule has 1 saturated heterocycles. The molecule has 0 amide bonds. The van der Waals surface area contributed by atoms with Gasteiger partial charge < -0.3 is 10.4 Å². The summed E-state index contributed by atoms with van der Waals surface area (Å²) >= 11 is 0. The maximum atomic E-state index is 10.7. The highest BCUT2D eigenvalue weighted by Gasteiger charge is 2.17. The summed E-state index contributed by atoms with van der Waals surface area (Å²) in [7, 11) is 0. The molecule has 2 N–H and O–H groups in total. The highest BCUT2D eigenvalue weighted by molar-refractivity contribution is 5.85. The molecule has 0 spiro atoms. The zero-order valence-electron chi connectivity index (χ0n) is 7.73. The fourth-order valence-corrected chi connectivity index (χ4v) is 1.76. The minimum atomic E-state index is -0.960. The zero-order valence-corrected chi connectivity index (χ0v) is 7.73. The Kier molecular flexibility index (Phi) is 2.45. The third-order valence-electron chi connectivity index (χ3n) is 2.53. The molecule has 4 heteroatoms. The molecule has 1 aromatic rings. The van der Waals surface area contributed by atoms with Gasteiger partial charge in [0, 0.05) is 12.7 Å². The van der Waals surface area contributed by atoms with E-state index in [1.165, 1.54) is 0 Å². The van der Waals surface area contributed by atoms with Crippen LogP contribution in [0.3, 0.4) is 0 Å². The molecule has 0 bridgehead atoms. The molecule has 1 aliphatic rings. The number of pyridine rings is 1. The molecule has 1 unspecified atom stereocenters. The summed E-state index contributed by atoms with van der Waals surface area (Å²) in [6.07, 6.45) is 2.64. The highest BCUT2D eigenvalue weighted by atomic mass is 16.4. The first-order valence-corrected chi connectivity index (χ1v) is 4.67. The summed E-state index contributed by atoms with van der Waals surface area (Å²) in [5.74, 6) is -0.520. The zero-order chi connectivity index (χ0) is 9.97. The number of carbonyl (C=O) groups is 1. The molecule has 1 atom stereocenters. The highest BCUT2D eigenvalue weighted by Crippen LogP contribution is 2.21. The average Bonchev–Trinajstić information content (AvgIpc) is 2.71. The smallest absolute Gasteiger partial charge is 0.354 e. The van der Waals surface area contributed by atoms with Crippen molar-refractivity contribution in [3.63, 3.8) is 0 Å². The van der Waals surface area contributed by atoms with Gasteiger partial charge in [-0.2, -0.15) is 0 Å². The normalized spacial score (nSPS) is 21.0. The van der Waals surface area contributed by atoms with Crippen LogP contribution in [0.4, 0.5) is 0 Å². The topological polar surface area (TPSA) is 62.2 Å². The second kappa shape index (κ2) is 3.75. The Morgan fingerprint density at radius 1 is 1.64 bits per heavy atom. The van der Waals surface area contributed by atoms with Gasteiger partial charge in [0.05, 0.1) is 0 Å². The Morgan fingerprint density at radius 3 is 3.14 bits per heavy atom. The van der Waals surface area contributed by atoms with Gasteiger partial charge >= 0.3 is 5.97 Å². The van der Waals surface area contributed by atoms with Gasteiger partial charge in [0.25, 0.3) is 0 Å². The number of carboxylic acids is 1. The Morgan fingerprint density at radius 2 is 2.50 bits per heavy atom. The molecule has 0 aromatic carbocycles. The number of nitrogens with zero attached hydrogens (tertiary/aromatic N) is 1. The summed E-state index contributed by atoms with van der Waals surface area (Å²) in [4.78, 5) is 14.5. The van der Waals surface area contributed by atoms with E-state index in [0.29, 0.717) is 5.92 Å². The summed E-state index contributed by atoms with van der Waals surface area (Å²) in [5, 5.41) is 12.0. The van der Waals surface area contributed by atoms with Crippen molar-refractivity contribution in [2.75, 3.05) is 13.1 Å². The van der Waals surface area contributed by atoms with Gasteiger partial charge in [0.2, 0.25) is 0 Å². The number of rotatable bonds is 2. The van der Waals surface area contributed by atoms with Crippen LogP contribution < -0.4 is 5.32 Å². The molecule has 1 aromatic heterocycles. The Hall–Kier alpha value is -1.42. The van der Waals surface area contributed by atoms with Crippen LogP contribution in [0.5, 0.6) is 0 Å². The van der Waals surface area contributed by atoms with Crippen LogP contribution in [0.15, 0.2) is 18.3 Å². The van der Waals surface area contributed by atoms with Crippen LogP contribution in [0.2, 0.25) is 0 Å². The Bertz CT molecular complexity index is 346. The molecule has 0 radical (unpaired) electrons. The first-order chi connectivity index (χ1) is 6.77. The Labute approximate surface area is 82.0 Å². The van der Waals surface area contributed by atoms with Gasteiger partial charge in [-0.3, -0.25) is 0 Å². The van der Waals surface area contributed by atoms with Crippen molar-refractivity contribution in [1.82, 2.24) is 10.3 Å². The number of hydrogen-bond acceptors (Lipinski definition) is 3. The number of aromatic nitrogens is 1. The first kappa shape index (κ1) is 9.15. The Balaban J connectivity index is 2.25. The van der Waals surface area contributed by atoms with E-state index in [1.54, 1.807) is 12.3 Å². The monoisotopic (exact) mass is 192 g/mol. The third kappa shape index (κ3) is 1.75. The van der Waals surface area contributed by atoms with E-state index in [0.717, 1.165) is 25.1 Å². The van der Waals surface area contributed by atoms with Crippen LogP contribution in [0.25, 0.3) is 0 Å². The average molecular weight is 192 g/mol. The first-order valence-electron chi connectivity index (χ1n) is 4.67. The number of nitrogens with one attached hydrogen (secondary N) is 1. The number of aromatic carboxylic acids is 1. The molecule has 74 valence electrons. The molecular weight excluding hydrogens is 180 g/mol. The van der Waals surface area contributed by atoms with Crippen LogP contribution >= 0.6 is 0 Å². The van der Waals surface area contributed by atoms with Crippen LogP contribution in [0.1, 0.15) is 28.4 Å². The van der Waals surface area contributed by atoms with E-state index in [-0.39, 0.29) is 5.69 Å². The second-order valence-electron chi connectivity index (χ2n) is 3.47. The fraction of sp³-hybridized carbons (Fsp3) is 0.400. The van der Waals surface area contributed by atoms with Gasteiger partial charge in [0.1, 0.15) is 5.69 Å². The van der Waals surface area contributed by atoms with E-state index < -0.39 is 5.97 Å². The van der Waals surface area contributed by atoms with Crippen molar-refractivity contribution in [1.29, 1.82) is 0 Å². The third-order valence-corrected chi connectivity index (χ3v) is 2.53. The van der Waals surface area contributed by atoms with Crippen LogP contribution in [0, 0.1) is 0 Å². The minimum absolute atomic E-state index is 0.134. The van der Waals surface area contributed by atoms with E-state index in [9.17, 15) is 4.79 Å². The predicted molar refractivity (Wildman–Crippen MR) is 51.4 cm³/mol. The summed E-state index contributed by atoms with van der Waals surface area (Å²) < 4.78 is 0. The molecular formula is C10H12N2O2. The van der Waals surface area contributed by atoms with Gasteiger partial charge in [0.15, 0.2) is 0 Å². The lowest BCUT2D eigenvalue weighted by molar-refractivity contribution is 0.0690. The van der Waals surface area contributed by atoms with Crippen molar-refractivity contribution in [3.8, 4) is 0 Å². The van der Waals surface area contributed by atoms with E-state index in [4.69, 9.17) is 5.11 Å². The molecule has 2 heterocycles. The lowest BCUT2D eigenvalue weighted by atomic mass is 9.99. The fourth-order valence-electron chi connectivity index (χ4n) is 1.76. The van der Waals surface area contributed by atoms with Gasteiger partial charge in [-0.15, -0.1) is 0 Å². The van der Waals surface area contributed by atoms with E-state index >= 15 is 0 Å². The number of hydrogen-bond donors (Lipinski definition) is 2.